The molecule has 29 heavy (non-hydrogen) atoms. The van der Waals surface area contributed by atoms with Gasteiger partial charge < -0.3 is 10.2 Å². The molecule has 2 heterocycles. The highest BCUT2D eigenvalue weighted by Crippen LogP contribution is 2.24. The number of benzene rings is 2. The first-order valence-electron chi connectivity index (χ1n) is 10.3. The quantitative estimate of drug-likeness (QED) is 0.691. The number of hydrogen-bond donors (Lipinski definition) is 1. The van der Waals surface area contributed by atoms with Crippen LogP contribution in [0.5, 0.6) is 0 Å². The maximum absolute atomic E-state index is 14.7. The SMILES string of the molecule is O=C(Cc1cccc2cnccc12)NCc1ccc(N2CCCCCC2)c(F)c1. The zero-order valence-corrected chi connectivity index (χ0v) is 16.5. The van der Waals surface area contributed by atoms with Gasteiger partial charge in [0.15, 0.2) is 0 Å². The second kappa shape index (κ2) is 9.03. The molecule has 5 heteroatoms. The Morgan fingerprint density at radius 1 is 1.07 bits per heavy atom. The van der Waals surface area contributed by atoms with Gasteiger partial charge in [0, 0.05) is 37.4 Å². The van der Waals surface area contributed by atoms with Gasteiger partial charge >= 0.3 is 0 Å². The van der Waals surface area contributed by atoms with Crippen LogP contribution < -0.4 is 10.2 Å². The summed E-state index contributed by atoms with van der Waals surface area (Å²) in [5.74, 6) is -0.286. The van der Waals surface area contributed by atoms with Gasteiger partial charge in [0.1, 0.15) is 5.82 Å². The van der Waals surface area contributed by atoms with E-state index in [1.165, 1.54) is 12.8 Å². The molecular formula is C24H26FN3O. The average molecular weight is 391 g/mol. The minimum Gasteiger partial charge on any atom is -0.369 e. The molecule has 4 rings (SSSR count). The predicted octanol–water partition coefficient (Wildman–Crippen LogP) is 4.61. The van der Waals surface area contributed by atoms with Gasteiger partial charge in [-0.15, -0.1) is 0 Å². The number of anilines is 1. The molecule has 0 bridgehead atoms. The number of carbonyl (C=O) groups excluding carboxylic acids is 1. The third-order valence-electron chi connectivity index (χ3n) is 5.57. The Bertz CT molecular complexity index is 991. The van der Waals surface area contributed by atoms with Gasteiger partial charge in [0.25, 0.3) is 0 Å². The van der Waals surface area contributed by atoms with E-state index < -0.39 is 0 Å². The molecule has 150 valence electrons. The number of halogens is 1. The summed E-state index contributed by atoms with van der Waals surface area (Å²) >= 11 is 0. The van der Waals surface area contributed by atoms with Crippen LogP contribution in [0.1, 0.15) is 36.8 Å². The second-order valence-electron chi connectivity index (χ2n) is 7.65. The number of carbonyl (C=O) groups is 1. The fourth-order valence-electron chi connectivity index (χ4n) is 4.01. The van der Waals surface area contributed by atoms with E-state index in [-0.39, 0.29) is 18.1 Å². The lowest BCUT2D eigenvalue weighted by atomic mass is 10.0. The summed E-state index contributed by atoms with van der Waals surface area (Å²) in [6.45, 7) is 2.14. The van der Waals surface area contributed by atoms with Gasteiger partial charge in [-0.2, -0.15) is 0 Å². The van der Waals surface area contributed by atoms with Crippen molar-refractivity contribution in [2.24, 2.45) is 0 Å². The summed E-state index contributed by atoms with van der Waals surface area (Å²) < 4.78 is 14.7. The van der Waals surface area contributed by atoms with Crippen molar-refractivity contribution in [3.05, 3.63) is 71.8 Å². The number of rotatable bonds is 5. The Balaban J connectivity index is 1.38. The van der Waals surface area contributed by atoms with Crippen LogP contribution in [-0.4, -0.2) is 24.0 Å². The van der Waals surface area contributed by atoms with Crippen LogP contribution in [0.15, 0.2) is 54.9 Å². The monoisotopic (exact) mass is 391 g/mol. The number of pyridine rings is 1. The number of amides is 1. The third kappa shape index (κ3) is 4.73. The molecule has 3 aromatic rings. The lowest BCUT2D eigenvalue weighted by molar-refractivity contribution is -0.120. The Morgan fingerprint density at radius 3 is 2.69 bits per heavy atom. The number of hydrogen-bond acceptors (Lipinski definition) is 3. The lowest BCUT2D eigenvalue weighted by Crippen LogP contribution is -2.26. The number of fused-ring (bicyclic) bond motifs is 1. The summed E-state index contributed by atoms with van der Waals surface area (Å²) in [5.41, 5.74) is 2.41. The van der Waals surface area contributed by atoms with Crippen molar-refractivity contribution >= 4 is 22.4 Å². The zero-order chi connectivity index (χ0) is 20.1. The topological polar surface area (TPSA) is 45.2 Å². The lowest BCUT2D eigenvalue weighted by Gasteiger charge is -2.23. The van der Waals surface area contributed by atoms with E-state index in [9.17, 15) is 9.18 Å². The Morgan fingerprint density at radius 2 is 1.90 bits per heavy atom. The Kier molecular flexibility index (Phi) is 6.03. The molecule has 1 aliphatic rings. The van der Waals surface area contributed by atoms with Crippen molar-refractivity contribution in [3.63, 3.8) is 0 Å². The van der Waals surface area contributed by atoms with Crippen molar-refractivity contribution in [3.8, 4) is 0 Å². The maximum Gasteiger partial charge on any atom is 0.224 e. The average Bonchev–Trinajstić information content (AvgIpc) is 3.02. The number of aromatic nitrogens is 1. The van der Waals surface area contributed by atoms with E-state index >= 15 is 0 Å². The molecule has 0 spiro atoms. The minimum absolute atomic E-state index is 0.0775. The smallest absolute Gasteiger partial charge is 0.224 e. The van der Waals surface area contributed by atoms with Crippen molar-refractivity contribution in [2.75, 3.05) is 18.0 Å². The molecule has 0 saturated carbocycles. The van der Waals surface area contributed by atoms with Crippen LogP contribution in [-0.2, 0) is 17.8 Å². The van der Waals surface area contributed by atoms with Crippen LogP contribution in [0.25, 0.3) is 10.8 Å². The molecule has 1 saturated heterocycles. The normalized spacial score (nSPS) is 14.6. The molecule has 0 atom stereocenters. The number of nitrogens with one attached hydrogen (secondary N) is 1. The van der Waals surface area contributed by atoms with Crippen molar-refractivity contribution in [1.29, 1.82) is 0 Å². The van der Waals surface area contributed by atoms with Gasteiger partial charge in [-0.25, -0.2) is 4.39 Å². The first kappa shape index (κ1) is 19.4. The fourth-order valence-corrected chi connectivity index (χ4v) is 4.01. The fraction of sp³-hybridized carbons (Fsp3) is 0.333. The largest absolute Gasteiger partial charge is 0.369 e. The standard InChI is InChI=1S/C24H26FN3O/c25-22-14-18(8-9-23(22)28-12-3-1-2-4-13-28)16-27-24(29)15-19-6-5-7-20-17-26-11-10-21(19)20/h5-11,14,17H,1-4,12-13,15-16H2,(H,27,29). The molecule has 1 amide bonds. The predicted molar refractivity (Wildman–Crippen MR) is 114 cm³/mol. The van der Waals surface area contributed by atoms with Crippen LogP contribution in [0.4, 0.5) is 10.1 Å². The number of nitrogens with zero attached hydrogens (tertiary/aromatic N) is 2. The van der Waals surface area contributed by atoms with Gasteiger partial charge in [-0.1, -0.05) is 37.1 Å². The first-order chi connectivity index (χ1) is 14.2. The van der Waals surface area contributed by atoms with Gasteiger partial charge in [-0.3, -0.25) is 9.78 Å². The van der Waals surface area contributed by atoms with E-state index in [4.69, 9.17) is 0 Å². The summed E-state index contributed by atoms with van der Waals surface area (Å²) in [7, 11) is 0. The van der Waals surface area contributed by atoms with Crippen molar-refractivity contribution in [2.45, 2.75) is 38.6 Å². The van der Waals surface area contributed by atoms with Crippen LogP contribution in [0.3, 0.4) is 0 Å². The summed E-state index contributed by atoms with van der Waals surface area (Å²) in [5, 5.41) is 4.96. The van der Waals surface area contributed by atoms with E-state index in [1.54, 1.807) is 18.5 Å². The molecule has 4 nitrogen and oxygen atoms in total. The molecule has 1 aromatic heterocycles. The summed E-state index contributed by atoms with van der Waals surface area (Å²) in [4.78, 5) is 18.7. The molecule has 1 aliphatic heterocycles. The van der Waals surface area contributed by atoms with E-state index in [1.807, 2.05) is 36.4 Å². The summed E-state index contributed by atoms with van der Waals surface area (Å²) in [6.07, 6.45) is 8.48. The van der Waals surface area contributed by atoms with Crippen LogP contribution in [0.2, 0.25) is 0 Å². The molecule has 2 aromatic carbocycles. The van der Waals surface area contributed by atoms with Gasteiger partial charge in [-0.05, 0) is 47.6 Å². The van der Waals surface area contributed by atoms with E-state index in [2.05, 4.69) is 15.2 Å². The van der Waals surface area contributed by atoms with Gasteiger partial charge in [0.05, 0.1) is 12.1 Å². The molecule has 0 radical (unpaired) electrons. The highest BCUT2D eigenvalue weighted by atomic mass is 19.1. The first-order valence-corrected chi connectivity index (χ1v) is 10.3. The molecule has 1 N–H and O–H groups in total. The van der Waals surface area contributed by atoms with Crippen LogP contribution >= 0.6 is 0 Å². The second-order valence-corrected chi connectivity index (χ2v) is 7.65. The Hall–Kier alpha value is -2.95. The molecule has 0 aliphatic carbocycles. The molecule has 1 fully saturated rings. The highest BCUT2D eigenvalue weighted by Gasteiger charge is 2.14. The maximum atomic E-state index is 14.7. The van der Waals surface area contributed by atoms with Crippen molar-refractivity contribution < 1.29 is 9.18 Å². The summed E-state index contributed by atoms with van der Waals surface area (Å²) in [6, 6.07) is 13.1. The van der Waals surface area contributed by atoms with Crippen molar-refractivity contribution in [1.82, 2.24) is 10.3 Å². The van der Waals surface area contributed by atoms with E-state index in [0.717, 1.165) is 47.8 Å². The minimum atomic E-state index is -0.208. The molecular weight excluding hydrogens is 365 g/mol. The molecule has 0 unspecified atom stereocenters. The third-order valence-corrected chi connectivity index (χ3v) is 5.57. The van der Waals surface area contributed by atoms with Gasteiger partial charge in [0.2, 0.25) is 5.91 Å². The van der Waals surface area contributed by atoms with Crippen LogP contribution in [0, 0.1) is 5.82 Å². The Labute approximate surface area is 170 Å². The van der Waals surface area contributed by atoms with E-state index in [0.29, 0.717) is 12.2 Å². The zero-order valence-electron chi connectivity index (χ0n) is 16.5. The highest BCUT2D eigenvalue weighted by molar-refractivity contribution is 5.89.